The summed E-state index contributed by atoms with van der Waals surface area (Å²) in [6.45, 7) is 4.11. The highest BCUT2D eigenvalue weighted by Crippen LogP contribution is 2.28. The lowest BCUT2D eigenvalue weighted by Crippen LogP contribution is -2.26. The molecule has 2 rings (SSSR count). The molecule has 0 unspecified atom stereocenters. The molecule has 1 fully saturated rings. The smallest absolute Gasteiger partial charge is 0.254 e. The van der Waals surface area contributed by atoms with E-state index >= 15 is 0 Å². The first kappa shape index (κ1) is 14.8. The number of amides is 1. The molecule has 0 atom stereocenters. The van der Waals surface area contributed by atoms with Crippen LogP contribution in [0.15, 0.2) is 12.3 Å². The molecule has 1 aromatic rings. The molecular weight excluding hydrogens is 254 g/mol. The van der Waals surface area contributed by atoms with Crippen LogP contribution in [0.2, 0.25) is 0 Å². The van der Waals surface area contributed by atoms with Crippen LogP contribution in [0.25, 0.3) is 0 Å². The quantitative estimate of drug-likeness (QED) is 0.713. The molecule has 5 nitrogen and oxygen atoms in total. The maximum absolute atomic E-state index is 12.1. The monoisotopic (exact) mass is 277 g/mol. The Labute approximate surface area is 120 Å². The number of aromatic nitrogens is 1. The van der Waals surface area contributed by atoms with Gasteiger partial charge in [0.15, 0.2) is 0 Å². The molecule has 20 heavy (non-hydrogen) atoms. The zero-order valence-corrected chi connectivity index (χ0v) is 12.2. The highest BCUT2D eigenvalue weighted by molar-refractivity contribution is 5.99. The van der Waals surface area contributed by atoms with Crippen molar-refractivity contribution in [3.63, 3.8) is 0 Å². The van der Waals surface area contributed by atoms with Crippen molar-refractivity contribution in [1.29, 1.82) is 0 Å². The van der Waals surface area contributed by atoms with Gasteiger partial charge in [0.25, 0.3) is 5.91 Å². The highest BCUT2D eigenvalue weighted by Gasteiger charge is 2.20. The maximum Gasteiger partial charge on any atom is 0.254 e. The Bertz CT molecular complexity index is 458. The largest absolute Gasteiger partial charge is 0.387 e. The second-order valence-corrected chi connectivity index (χ2v) is 5.25. The van der Waals surface area contributed by atoms with E-state index in [9.17, 15) is 4.79 Å². The number of aryl methyl sites for hydroxylation is 1. The molecule has 5 heteroatoms. The summed E-state index contributed by atoms with van der Waals surface area (Å²) in [7, 11) is 1.80. The lowest BCUT2D eigenvalue weighted by atomic mass is 10.2. The molecule has 1 amide bonds. The Balaban J connectivity index is 1.70. The van der Waals surface area contributed by atoms with Crippen LogP contribution in [-0.4, -0.2) is 37.7 Å². The predicted molar refractivity (Wildman–Crippen MR) is 79.0 cm³/mol. The summed E-state index contributed by atoms with van der Waals surface area (Å²) in [4.78, 5) is 16.2. The van der Waals surface area contributed by atoms with Gasteiger partial charge in [0, 0.05) is 38.7 Å². The number of nitrogens with one attached hydrogen (secondary N) is 2. The lowest BCUT2D eigenvalue weighted by Gasteiger charge is -2.10. The summed E-state index contributed by atoms with van der Waals surface area (Å²) in [5.41, 5.74) is 2.27. The van der Waals surface area contributed by atoms with Gasteiger partial charge in [-0.2, -0.15) is 0 Å². The van der Waals surface area contributed by atoms with Gasteiger partial charge in [0.2, 0.25) is 0 Å². The Morgan fingerprint density at radius 1 is 1.50 bits per heavy atom. The van der Waals surface area contributed by atoms with E-state index < -0.39 is 0 Å². The summed E-state index contributed by atoms with van der Waals surface area (Å²) in [6.07, 6.45) is 5.07. The molecule has 2 N–H and O–H groups in total. The molecule has 0 spiro atoms. The van der Waals surface area contributed by atoms with Crippen LogP contribution >= 0.6 is 0 Å². The van der Waals surface area contributed by atoms with Crippen LogP contribution in [0.5, 0.6) is 0 Å². The van der Waals surface area contributed by atoms with Crippen molar-refractivity contribution >= 4 is 11.6 Å². The van der Waals surface area contributed by atoms with Gasteiger partial charge in [0.05, 0.1) is 11.3 Å². The predicted octanol–water partition coefficient (Wildman–Crippen LogP) is 1.98. The van der Waals surface area contributed by atoms with E-state index in [1.165, 1.54) is 12.8 Å². The summed E-state index contributed by atoms with van der Waals surface area (Å²) in [6, 6.07) is 1.87. The van der Waals surface area contributed by atoms with Crippen LogP contribution in [-0.2, 0) is 4.74 Å². The topological polar surface area (TPSA) is 63.2 Å². The lowest BCUT2D eigenvalue weighted by molar-refractivity contribution is 0.0938. The Kier molecular flexibility index (Phi) is 5.35. The van der Waals surface area contributed by atoms with Crippen molar-refractivity contribution in [2.75, 3.05) is 32.1 Å². The van der Waals surface area contributed by atoms with Crippen LogP contribution in [0.1, 0.15) is 35.3 Å². The van der Waals surface area contributed by atoms with Gasteiger partial charge in [-0.3, -0.25) is 9.78 Å². The number of pyridine rings is 1. The fraction of sp³-hybridized carbons (Fsp3) is 0.600. The number of anilines is 1. The first-order chi connectivity index (χ1) is 9.70. The van der Waals surface area contributed by atoms with E-state index in [1.807, 2.05) is 13.0 Å². The standard InChI is InChI=1S/C15H23N3O2/c1-11-8-14(16-2)13(9-18-11)15(19)17-6-3-7-20-10-12-4-5-12/h8-9,12H,3-7,10H2,1-2H3,(H,16,18)(H,17,19). The minimum atomic E-state index is -0.0935. The maximum atomic E-state index is 12.1. The first-order valence-corrected chi connectivity index (χ1v) is 7.21. The van der Waals surface area contributed by atoms with Crippen LogP contribution in [0.4, 0.5) is 5.69 Å². The first-order valence-electron chi connectivity index (χ1n) is 7.21. The highest BCUT2D eigenvalue weighted by atomic mass is 16.5. The Morgan fingerprint density at radius 2 is 2.30 bits per heavy atom. The van der Waals surface area contributed by atoms with E-state index in [-0.39, 0.29) is 5.91 Å². The third-order valence-electron chi connectivity index (χ3n) is 3.36. The number of hydrogen-bond acceptors (Lipinski definition) is 4. The molecule has 0 saturated heterocycles. The van der Waals surface area contributed by atoms with Crippen molar-refractivity contribution < 1.29 is 9.53 Å². The van der Waals surface area contributed by atoms with E-state index in [0.29, 0.717) is 18.7 Å². The number of carbonyl (C=O) groups is 1. The van der Waals surface area contributed by atoms with Crippen molar-refractivity contribution in [2.24, 2.45) is 5.92 Å². The van der Waals surface area contributed by atoms with E-state index in [2.05, 4.69) is 15.6 Å². The number of hydrogen-bond donors (Lipinski definition) is 2. The molecule has 110 valence electrons. The summed E-state index contributed by atoms with van der Waals surface area (Å²) >= 11 is 0. The van der Waals surface area contributed by atoms with Gasteiger partial charge in [-0.1, -0.05) is 0 Å². The minimum Gasteiger partial charge on any atom is -0.387 e. The van der Waals surface area contributed by atoms with Gasteiger partial charge >= 0.3 is 0 Å². The fourth-order valence-corrected chi connectivity index (χ4v) is 1.95. The van der Waals surface area contributed by atoms with Crippen molar-refractivity contribution in [3.8, 4) is 0 Å². The Morgan fingerprint density at radius 3 is 3.00 bits per heavy atom. The molecule has 1 aliphatic carbocycles. The molecule has 0 radical (unpaired) electrons. The number of ether oxygens (including phenoxy) is 1. The third kappa shape index (κ3) is 4.49. The molecule has 0 bridgehead atoms. The number of carbonyl (C=O) groups excluding carboxylic acids is 1. The number of rotatable bonds is 8. The summed E-state index contributed by atoms with van der Waals surface area (Å²) in [5, 5.41) is 5.92. The Hall–Kier alpha value is -1.62. The van der Waals surface area contributed by atoms with E-state index in [1.54, 1.807) is 13.2 Å². The normalized spacial score (nSPS) is 14.1. The van der Waals surface area contributed by atoms with Crippen molar-refractivity contribution in [2.45, 2.75) is 26.2 Å². The molecule has 0 aromatic carbocycles. The van der Waals surface area contributed by atoms with Crippen LogP contribution < -0.4 is 10.6 Å². The molecule has 0 aliphatic heterocycles. The number of nitrogens with zero attached hydrogens (tertiary/aromatic N) is 1. The SMILES string of the molecule is CNc1cc(C)ncc1C(=O)NCCCOCC1CC1. The average Bonchev–Trinajstić information content (AvgIpc) is 3.26. The molecule has 1 aliphatic rings. The van der Waals surface area contributed by atoms with E-state index in [0.717, 1.165) is 30.3 Å². The van der Waals surface area contributed by atoms with E-state index in [4.69, 9.17) is 4.74 Å². The molecule has 1 heterocycles. The minimum absolute atomic E-state index is 0.0935. The van der Waals surface area contributed by atoms with Gasteiger partial charge in [-0.15, -0.1) is 0 Å². The summed E-state index contributed by atoms with van der Waals surface area (Å²) in [5.74, 6) is 0.699. The fourth-order valence-electron chi connectivity index (χ4n) is 1.95. The van der Waals surface area contributed by atoms with Crippen LogP contribution in [0.3, 0.4) is 0 Å². The van der Waals surface area contributed by atoms with Crippen molar-refractivity contribution in [3.05, 3.63) is 23.5 Å². The third-order valence-corrected chi connectivity index (χ3v) is 3.36. The zero-order valence-electron chi connectivity index (χ0n) is 12.2. The summed E-state index contributed by atoms with van der Waals surface area (Å²) < 4.78 is 5.53. The molecular formula is C15H23N3O2. The van der Waals surface area contributed by atoms with Crippen LogP contribution in [0, 0.1) is 12.8 Å². The van der Waals surface area contributed by atoms with Gasteiger partial charge in [0.1, 0.15) is 0 Å². The average molecular weight is 277 g/mol. The second-order valence-electron chi connectivity index (χ2n) is 5.25. The molecule has 1 saturated carbocycles. The van der Waals surface area contributed by atoms with Crippen molar-refractivity contribution in [1.82, 2.24) is 10.3 Å². The zero-order chi connectivity index (χ0) is 14.4. The van der Waals surface area contributed by atoms with Gasteiger partial charge in [-0.05, 0) is 38.2 Å². The van der Waals surface area contributed by atoms with Gasteiger partial charge in [-0.25, -0.2) is 0 Å². The van der Waals surface area contributed by atoms with Gasteiger partial charge < -0.3 is 15.4 Å². The molecule has 1 aromatic heterocycles. The second kappa shape index (κ2) is 7.24.